The molecule has 1 aliphatic rings. The van der Waals surface area contributed by atoms with E-state index < -0.39 is 0 Å². The fourth-order valence-electron chi connectivity index (χ4n) is 3.88. The average Bonchev–Trinajstić information content (AvgIpc) is 3.48. The molecule has 4 nitrogen and oxygen atoms in total. The van der Waals surface area contributed by atoms with Crippen molar-refractivity contribution in [3.05, 3.63) is 57.4 Å². The molecule has 0 N–H and O–H groups in total. The number of rotatable bonds is 4. The van der Waals surface area contributed by atoms with Crippen LogP contribution < -0.4 is 4.90 Å². The van der Waals surface area contributed by atoms with Gasteiger partial charge in [0.25, 0.3) is 5.91 Å². The number of ether oxygens (including phenoxy) is 1. The summed E-state index contributed by atoms with van der Waals surface area (Å²) in [6.45, 7) is 5.37. The van der Waals surface area contributed by atoms with E-state index in [9.17, 15) is 4.79 Å². The zero-order valence-corrected chi connectivity index (χ0v) is 19.2. The van der Waals surface area contributed by atoms with Crippen LogP contribution in [0.3, 0.4) is 0 Å². The molecule has 7 heteroatoms. The van der Waals surface area contributed by atoms with Gasteiger partial charge in [0, 0.05) is 16.7 Å². The summed E-state index contributed by atoms with van der Waals surface area (Å²) in [5, 5.41) is 2.14. The van der Waals surface area contributed by atoms with Crippen molar-refractivity contribution in [2.45, 2.75) is 32.8 Å². The Labute approximate surface area is 188 Å². The van der Waals surface area contributed by atoms with Crippen LogP contribution in [0.1, 0.15) is 33.6 Å². The Kier molecular flexibility index (Phi) is 5.27. The molecule has 0 aliphatic carbocycles. The van der Waals surface area contributed by atoms with Crippen LogP contribution in [0.4, 0.5) is 5.13 Å². The third-order valence-corrected chi connectivity index (χ3v) is 8.42. The van der Waals surface area contributed by atoms with Crippen molar-refractivity contribution in [2.24, 2.45) is 0 Å². The SMILES string of the molecule is Cc1ccc(C)c2sc(N(CC3CCCO3)C(=O)c3sc4ccccc4c3Cl)nc12. The molecule has 4 aromatic rings. The molecular weight excluding hydrogens is 436 g/mol. The number of benzene rings is 2. The average molecular weight is 457 g/mol. The molecule has 1 amide bonds. The fourth-order valence-corrected chi connectivity index (χ4v) is 6.46. The molecule has 2 aromatic heterocycles. The molecule has 1 saturated heterocycles. The predicted octanol–water partition coefficient (Wildman–Crippen LogP) is 6.61. The number of hydrogen-bond acceptors (Lipinski definition) is 5. The first-order valence-electron chi connectivity index (χ1n) is 10.00. The first-order chi connectivity index (χ1) is 14.5. The molecule has 3 heterocycles. The number of thiazole rings is 1. The number of fused-ring (bicyclic) bond motifs is 2. The molecule has 1 aliphatic heterocycles. The van der Waals surface area contributed by atoms with Crippen molar-refractivity contribution in [3.63, 3.8) is 0 Å². The number of aromatic nitrogens is 1. The van der Waals surface area contributed by atoms with Gasteiger partial charge < -0.3 is 4.74 Å². The smallest absolute Gasteiger partial charge is 0.271 e. The number of thiophene rings is 1. The minimum Gasteiger partial charge on any atom is -0.376 e. The van der Waals surface area contributed by atoms with Gasteiger partial charge in [-0.05, 0) is 43.9 Å². The third kappa shape index (κ3) is 3.42. The van der Waals surface area contributed by atoms with Crippen LogP contribution in [-0.2, 0) is 4.74 Å². The minimum atomic E-state index is -0.105. The molecule has 30 heavy (non-hydrogen) atoms. The second kappa shape index (κ2) is 7.93. The summed E-state index contributed by atoms with van der Waals surface area (Å²) in [7, 11) is 0. The van der Waals surface area contributed by atoms with E-state index in [-0.39, 0.29) is 12.0 Å². The van der Waals surface area contributed by atoms with E-state index in [1.807, 2.05) is 24.3 Å². The normalized spacial score (nSPS) is 16.6. The lowest BCUT2D eigenvalue weighted by Gasteiger charge is -2.22. The van der Waals surface area contributed by atoms with Gasteiger partial charge >= 0.3 is 0 Å². The quantitative estimate of drug-likeness (QED) is 0.347. The van der Waals surface area contributed by atoms with Gasteiger partial charge in [-0.25, -0.2) is 4.98 Å². The van der Waals surface area contributed by atoms with Gasteiger partial charge in [-0.2, -0.15) is 0 Å². The molecule has 0 saturated carbocycles. The number of anilines is 1. The number of carbonyl (C=O) groups is 1. The molecule has 1 atom stereocenters. The summed E-state index contributed by atoms with van der Waals surface area (Å²) in [4.78, 5) is 20.9. The maximum Gasteiger partial charge on any atom is 0.271 e. The Morgan fingerprint density at radius 3 is 2.73 bits per heavy atom. The van der Waals surface area contributed by atoms with Crippen LogP contribution in [0.25, 0.3) is 20.3 Å². The molecule has 0 spiro atoms. The standard InChI is InChI=1S/C23H21ClN2O2S2/c1-13-9-10-14(2)20-19(13)25-23(30-20)26(12-15-6-5-11-28-15)22(27)21-18(24)16-7-3-4-8-17(16)29-21/h3-4,7-10,15H,5-6,11-12H2,1-2H3. The van der Waals surface area contributed by atoms with E-state index in [4.69, 9.17) is 21.3 Å². The second-order valence-corrected chi connectivity index (χ2v) is 10.1. The first kappa shape index (κ1) is 19.9. The number of nitrogens with zero attached hydrogens (tertiary/aromatic N) is 2. The highest BCUT2D eigenvalue weighted by Gasteiger charge is 2.30. The predicted molar refractivity (Wildman–Crippen MR) is 127 cm³/mol. The second-order valence-electron chi connectivity index (χ2n) is 7.67. The first-order valence-corrected chi connectivity index (χ1v) is 12.0. The number of hydrogen-bond donors (Lipinski definition) is 0. The Bertz CT molecular complexity index is 1220. The van der Waals surface area contributed by atoms with Gasteiger partial charge in [-0.3, -0.25) is 9.69 Å². The Morgan fingerprint density at radius 2 is 2.00 bits per heavy atom. The maximum absolute atomic E-state index is 13.7. The molecule has 1 unspecified atom stereocenters. The van der Waals surface area contributed by atoms with Crippen molar-refractivity contribution >= 4 is 65.6 Å². The minimum absolute atomic E-state index is 0.0244. The van der Waals surface area contributed by atoms with Gasteiger partial charge in [0.15, 0.2) is 5.13 Å². The topological polar surface area (TPSA) is 42.4 Å². The summed E-state index contributed by atoms with van der Waals surface area (Å²) < 4.78 is 7.99. The zero-order valence-electron chi connectivity index (χ0n) is 16.8. The monoisotopic (exact) mass is 456 g/mol. The zero-order chi connectivity index (χ0) is 20.8. The van der Waals surface area contributed by atoms with Crippen LogP contribution in [0, 0.1) is 13.8 Å². The van der Waals surface area contributed by atoms with Crippen molar-refractivity contribution in [1.29, 1.82) is 0 Å². The van der Waals surface area contributed by atoms with E-state index in [1.54, 1.807) is 16.2 Å². The fraction of sp³-hybridized carbons (Fsp3) is 0.304. The lowest BCUT2D eigenvalue weighted by Crippen LogP contribution is -2.37. The maximum atomic E-state index is 13.7. The molecule has 1 fully saturated rings. The Balaban J connectivity index is 1.61. The third-order valence-electron chi connectivity index (χ3n) is 5.55. The van der Waals surface area contributed by atoms with E-state index >= 15 is 0 Å². The summed E-state index contributed by atoms with van der Waals surface area (Å²) in [6.07, 6.45) is 2.00. The van der Waals surface area contributed by atoms with E-state index in [2.05, 4.69) is 26.0 Å². The van der Waals surface area contributed by atoms with E-state index in [0.29, 0.717) is 21.6 Å². The van der Waals surface area contributed by atoms with E-state index in [0.717, 1.165) is 45.3 Å². The van der Waals surface area contributed by atoms with Crippen molar-refractivity contribution < 1.29 is 9.53 Å². The summed E-state index contributed by atoms with van der Waals surface area (Å²) >= 11 is 9.65. The number of aryl methyl sites for hydroxylation is 2. The highest BCUT2D eigenvalue weighted by Crippen LogP contribution is 2.39. The van der Waals surface area contributed by atoms with Gasteiger partial charge in [-0.1, -0.05) is 53.3 Å². The number of halogens is 1. The van der Waals surface area contributed by atoms with Crippen molar-refractivity contribution in [2.75, 3.05) is 18.1 Å². The van der Waals surface area contributed by atoms with Crippen LogP contribution in [0.15, 0.2) is 36.4 Å². The molecular formula is C23H21ClN2O2S2. The molecule has 154 valence electrons. The van der Waals surface area contributed by atoms with Crippen molar-refractivity contribution in [1.82, 2.24) is 4.98 Å². The summed E-state index contributed by atoms with van der Waals surface area (Å²) in [5.41, 5.74) is 3.24. The highest BCUT2D eigenvalue weighted by molar-refractivity contribution is 7.23. The van der Waals surface area contributed by atoms with Crippen LogP contribution >= 0.6 is 34.3 Å². The molecule has 0 bridgehead atoms. The van der Waals surface area contributed by atoms with Crippen molar-refractivity contribution in [3.8, 4) is 0 Å². The number of amides is 1. The molecule has 2 aromatic carbocycles. The number of carbonyl (C=O) groups excluding carboxylic acids is 1. The van der Waals surface area contributed by atoms with Crippen LogP contribution in [0.2, 0.25) is 5.02 Å². The largest absolute Gasteiger partial charge is 0.376 e. The van der Waals surface area contributed by atoms with Gasteiger partial charge in [-0.15, -0.1) is 11.3 Å². The van der Waals surface area contributed by atoms with Crippen LogP contribution in [0.5, 0.6) is 0 Å². The summed E-state index contributed by atoms with van der Waals surface area (Å²) in [5.74, 6) is -0.105. The van der Waals surface area contributed by atoms with Gasteiger partial charge in [0.05, 0.1) is 27.9 Å². The summed E-state index contributed by atoms with van der Waals surface area (Å²) in [6, 6.07) is 12.0. The Morgan fingerprint density at radius 1 is 1.20 bits per heavy atom. The molecule has 0 radical (unpaired) electrons. The Hall–Kier alpha value is -1.99. The van der Waals surface area contributed by atoms with Gasteiger partial charge in [0.1, 0.15) is 4.88 Å². The van der Waals surface area contributed by atoms with E-state index in [1.165, 1.54) is 16.9 Å². The highest BCUT2D eigenvalue weighted by atomic mass is 35.5. The lowest BCUT2D eigenvalue weighted by atomic mass is 10.1. The molecule has 5 rings (SSSR count). The van der Waals surface area contributed by atoms with Gasteiger partial charge in [0.2, 0.25) is 0 Å². The van der Waals surface area contributed by atoms with Crippen LogP contribution in [-0.4, -0.2) is 30.1 Å². The lowest BCUT2D eigenvalue weighted by molar-refractivity contribution is 0.0921.